The Morgan fingerprint density at radius 1 is 1.33 bits per heavy atom. The Balaban J connectivity index is 1.68. The van der Waals surface area contributed by atoms with Crippen LogP contribution in [0.5, 0.6) is 5.88 Å². The zero-order valence-electron chi connectivity index (χ0n) is 12.6. The minimum Gasteiger partial charge on any atom is -0.472 e. The number of carbonyl (C=O) groups is 1. The molecular formula is C16H14BrN3O4. The van der Waals surface area contributed by atoms with E-state index in [1.807, 2.05) is 6.07 Å². The Hall–Kier alpha value is -2.48. The molecule has 1 aromatic carbocycles. The fourth-order valence-electron chi connectivity index (χ4n) is 2.60. The standard InChI is InChI=1S/C16H14BrN3O4/c17-11-5-6-15(18-9-11)24-12-7-8-19(10-12)16(21)13-3-1-2-4-14(13)20(22)23/h1-6,9,12H,7-8,10H2. The first kappa shape index (κ1) is 16.4. The van der Waals surface area contributed by atoms with Gasteiger partial charge in [-0.15, -0.1) is 0 Å². The van der Waals surface area contributed by atoms with Gasteiger partial charge in [0.2, 0.25) is 5.88 Å². The van der Waals surface area contributed by atoms with E-state index in [1.54, 1.807) is 29.3 Å². The van der Waals surface area contributed by atoms with Crippen LogP contribution in [0.25, 0.3) is 0 Å². The fourth-order valence-corrected chi connectivity index (χ4v) is 2.83. The predicted octanol–water partition coefficient (Wildman–Crippen LogP) is 3.05. The fraction of sp³-hybridized carbons (Fsp3) is 0.250. The van der Waals surface area contributed by atoms with Gasteiger partial charge in [-0.3, -0.25) is 14.9 Å². The lowest BCUT2D eigenvalue weighted by Crippen LogP contribution is -2.31. The zero-order valence-corrected chi connectivity index (χ0v) is 14.2. The first-order valence-electron chi connectivity index (χ1n) is 7.35. The number of nitro benzene ring substituents is 1. The van der Waals surface area contributed by atoms with Gasteiger partial charge in [0.1, 0.15) is 11.7 Å². The Bertz CT molecular complexity index is 766. The van der Waals surface area contributed by atoms with Crippen molar-refractivity contribution >= 4 is 27.5 Å². The SMILES string of the molecule is O=C(c1ccccc1[N+](=O)[O-])N1CCC(Oc2ccc(Br)cn2)C1. The average Bonchev–Trinajstić information content (AvgIpc) is 3.05. The van der Waals surface area contributed by atoms with E-state index >= 15 is 0 Å². The number of para-hydroxylation sites is 1. The van der Waals surface area contributed by atoms with Crippen molar-refractivity contribution in [3.8, 4) is 5.88 Å². The third-order valence-corrected chi connectivity index (χ3v) is 4.22. The second-order valence-electron chi connectivity index (χ2n) is 5.37. The van der Waals surface area contributed by atoms with Crippen LogP contribution >= 0.6 is 15.9 Å². The van der Waals surface area contributed by atoms with Gasteiger partial charge in [0.05, 0.1) is 11.5 Å². The van der Waals surface area contributed by atoms with Gasteiger partial charge in [0.15, 0.2) is 0 Å². The van der Waals surface area contributed by atoms with Crippen molar-refractivity contribution in [1.82, 2.24) is 9.88 Å². The van der Waals surface area contributed by atoms with Crippen LogP contribution in [0.2, 0.25) is 0 Å². The van der Waals surface area contributed by atoms with Crippen molar-refractivity contribution in [1.29, 1.82) is 0 Å². The molecule has 2 aromatic rings. The lowest BCUT2D eigenvalue weighted by atomic mass is 10.1. The topological polar surface area (TPSA) is 85.6 Å². The van der Waals surface area contributed by atoms with Crippen LogP contribution in [0, 0.1) is 10.1 Å². The van der Waals surface area contributed by atoms with E-state index in [-0.39, 0.29) is 23.3 Å². The molecule has 1 aliphatic rings. The van der Waals surface area contributed by atoms with Gasteiger partial charge in [0.25, 0.3) is 11.6 Å². The number of amides is 1. The number of ether oxygens (including phenoxy) is 1. The van der Waals surface area contributed by atoms with Crippen molar-refractivity contribution in [2.24, 2.45) is 0 Å². The van der Waals surface area contributed by atoms with Gasteiger partial charge in [-0.1, -0.05) is 12.1 Å². The monoisotopic (exact) mass is 391 g/mol. The molecule has 0 N–H and O–H groups in total. The van der Waals surface area contributed by atoms with Crippen molar-refractivity contribution in [2.45, 2.75) is 12.5 Å². The van der Waals surface area contributed by atoms with Gasteiger partial charge >= 0.3 is 0 Å². The Morgan fingerprint density at radius 3 is 2.83 bits per heavy atom. The summed E-state index contributed by atoms with van der Waals surface area (Å²) in [6.07, 6.45) is 2.12. The Kier molecular flexibility index (Phi) is 4.75. The van der Waals surface area contributed by atoms with E-state index in [0.717, 1.165) is 4.47 Å². The van der Waals surface area contributed by atoms with E-state index in [9.17, 15) is 14.9 Å². The molecule has 7 nitrogen and oxygen atoms in total. The summed E-state index contributed by atoms with van der Waals surface area (Å²) in [6.45, 7) is 0.870. The lowest BCUT2D eigenvalue weighted by molar-refractivity contribution is -0.385. The number of pyridine rings is 1. The number of hydrogen-bond acceptors (Lipinski definition) is 5. The quantitative estimate of drug-likeness (QED) is 0.590. The van der Waals surface area contributed by atoms with Gasteiger partial charge in [-0.2, -0.15) is 0 Å². The van der Waals surface area contributed by atoms with E-state index in [4.69, 9.17) is 4.74 Å². The summed E-state index contributed by atoms with van der Waals surface area (Å²) in [5, 5.41) is 11.1. The van der Waals surface area contributed by atoms with Crippen LogP contribution in [0.15, 0.2) is 47.1 Å². The molecular weight excluding hydrogens is 378 g/mol. The maximum atomic E-state index is 12.6. The molecule has 0 spiro atoms. The number of nitrogens with zero attached hydrogens (tertiary/aromatic N) is 3. The summed E-state index contributed by atoms with van der Waals surface area (Å²) in [5.41, 5.74) is -0.0774. The van der Waals surface area contributed by atoms with Gasteiger partial charge in [-0.05, 0) is 28.1 Å². The molecule has 0 aliphatic carbocycles. The Labute approximate surface area is 146 Å². The molecule has 8 heteroatoms. The van der Waals surface area contributed by atoms with E-state index in [2.05, 4.69) is 20.9 Å². The molecule has 3 rings (SSSR count). The number of benzene rings is 1. The smallest absolute Gasteiger partial charge is 0.282 e. The van der Waals surface area contributed by atoms with Crippen molar-refractivity contribution in [2.75, 3.05) is 13.1 Å². The summed E-state index contributed by atoms with van der Waals surface area (Å²) < 4.78 is 6.62. The van der Waals surface area contributed by atoms with Crippen molar-refractivity contribution in [3.63, 3.8) is 0 Å². The summed E-state index contributed by atoms with van der Waals surface area (Å²) in [5.74, 6) is 0.139. The molecule has 124 valence electrons. The molecule has 0 radical (unpaired) electrons. The third-order valence-electron chi connectivity index (χ3n) is 3.75. The van der Waals surface area contributed by atoms with Crippen molar-refractivity contribution < 1.29 is 14.5 Å². The first-order chi connectivity index (χ1) is 11.5. The molecule has 1 fully saturated rings. The summed E-state index contributed by atoms with van der Waals surface area (Å²) >= 11 is 3.31. The summed E-state index contributed by atoms with van der Waals surface area (Å²) in [6, 6.07) is 9.55. The van der Waals surface area contributed by atoms with Crippen LogP contribution in [0.1, 0.15) is 16.8 Å². The van der Waals surface area contributed by atoms with Crippen molar-refractivity contribution in [3.05, 3.63) is 62.7 Å². The highest BCUT2D eigenvalue weighted by molar-refractivity contribution is 9.10. The van der Waals surface area contributed by atoms with E-state index in [1.165, 1.54) is 12.1 Å². The van der Waals surface area contributed by atoms with Crippen LogP contribution in [0.3, 0.4) is 0 Å². The number of nitro groups is 1. The molecule has 1 saturated heterocycles. The highest BCUT2D eigenvalue weighted by Gasteiger charge is 2.31. The molecule has 0 saturated carbocycles. The lowest BCUT2D eigenvalue weighted by Gasteiger charge is -2.17. The second-order valence-corrected chi connectivity index (χ2v) is 6.28. The third kappa shape index (κ3) is 3.53. The first-order valence-corrected chi connectivity index (χ1v) is 8.15. The predicted molar refractivity (Wildman–Crippen MR) is 90.0 cm³/mol. The van der Waals surface area contributed by atoms with Crippen LogP contribution in [0.4, 0.5) is 5.69 Å². The molecule has 1 aliphatic heterocycles. The molecule has 0 bridgehead atoms. The van der Waals surface area contributed by atoms with Gasteiger partial charge in [-0.25, -0.2) is 4.98 Å². The zero-order chi connectivity index (χ0) is 17.1. The number of likely N-dealkylation sites (tertiary alicyclic amines) is 1. The second kappa shape index (κ2) is 6.96. The van der Waals surface area contributed by atoms with E-state index < -0.39 is 4.92 Å². The maximum Gasteiger partial charge on any atom is 0.282 e. The normalized spacial score (nSPS) is 16.9. The number of hydrogen-bond donors (Lipinski definition) is 0. The molecule has 2 heterocycles. The summed E-state index contributed by atoms with van der Waals surface area (Å²) in [7, 11) is 0. The Morgan fingerprint density at radius 2 is 2.12 bits per heavy atom. The number of aromatic nitrogens is 1. The minimum absolute atomic E-state index is 0.102. The molecule has 24 heavy (non-hydrogen) atoms. The van der Waals surface area contributed by atoms with Crippen LogP contribution in [-0.2, 0) is 0 Å². The number of carbonyl (C=O) groups excluding carboxylic acids is 1. The largest absolute Gasteiger partial charge is 0.472 e. The van der Waals surface area contributed by atoms with Gasteiger partial charge < -0.3 is 9.64 Å². The van der Waals surface area contributed by atoms with Crippen LogP contribution < -0.4 is 4.74 Å². The van der Waals surface area contributed by atoms with E-state index in [0.29, 0.717) is 25.4 Å². The van der Waals surface area contributed by atoms with Crippen LogP contribution in [-0.4, -0.2) is 39.9 Å². The number of rotatable bonds is 4. The summed E-state index contributed by atoms with van der Waals surface area (Å²) in [4.78, 5) is 28.8. The molecule has 1 amide bonds. The minimum atomic E-state index is -0.539. The number of halogens is 1. The highest BCUT2D eigenvalue weighted by atomic mass is 79.9. The maximum absolute atomic E-state index is 12.6. The average molecular weight is 392 g/mol. The molecule has 1 unspecified atom stereocenters. The highest BCUT2D eigenvalue weighted by Crippen LogP contribution is 2.23. The molecule has 1 aromatic heterocycles. The molecule has 1 atom stereocenters. The van der Waals surface area contributed by atoms with Gasteiger partial charge in [0, 0.05) is 35.8 Å².